The number of methoxy groups -OCH3 is 1. The number of fused-ring (bicyclic) bond motifs is 1. The van der Waals surface area contributed by atoms with Crippen molar-refractivity contribution in [2.75, 3.05) is 25.6 Å². The summed E-state index contributed by atoms with van der Waals surface area (Å²) in [6, 6.07) is 4.99. The van der Waals surface area contributed by atoms with E-state index in [1.807, 2.05) is 11.9 Å². The van der Waals surface area contributed by atoms with Gasteiger partial charge in [0.1, 0.15) is 5.75 Å². The average Bonchev–Trinajstić information content (AvgIpc) is 2.37. The van der Waals surface area contributed by atoms with Crippen molar-refractivity contribution in [3.05, 3.63) is 23.8 Å². The van der Waals surface area contributed by atoms with Crippen molar-refractivity contribution in [1.29, 1.82) is 0 Å². The first-order chi connectivity index (χ1) is 8.15. The van der Waals surface area contributed by atoms with Gasteiger partial charge in [0.15, 0.2) is 12.4 Å². The van der Waals surface area contributed by atoms with E-state index in [0.29, 0.717) is 17.9 Å². The van der Waals surface area contributed by atoms with E-state index in [1.165, 1.54) is 7.11 Å². The Balaban J connectivity index is 2.36. The van der Waals surface area contributed by atoms with E-state index in [2.05, 4.69) is 4.74 Å². The molecule has 0 bridgehead atoms. The summed E-state index contributed by atoms with van der Waals surface area (Å²) in [6.45, 7) is 0.473. The Bertz CT molecular complexity index is 458. The number of ether oxygens (including phenoxy) is 2. The van der Waals surface area contributed by atoms with Crippen LogP contribution in [0.5, 0.6) is 5.75 Å². The largest absolute Gasteiger partial charge is 0.479 e. The zero-order chi connectivity index (χ0) is 12.4. The van der Waals surface area contributed by atoms with Crippen LogP contribution in [0, 0.1) is 0 Å². The summed E-state index contributed by atoms with van der Waals surface area (Å²) in [6.07, 6.45) is 0.310. The van der Waals surface area contributed by atoms with Crippen molar-refractivity contribution >= 4 is 17.9 Å². The van der Waals surface area contributed by atoms with Gasteiger partial charge >= 0.3 is 5.97 Å². The van der Waals surface area contributed by atoms with Gasteiger partial charge in [0.2, 0.25) is 0 Å². The van der Waals surface area contributed by atoms with Crippen LogP contribution in [-0.2, 0) is 9.53 Å². The van der Waals surface area contributed by atoms with Gasteiger partial charge in [-0.2, -0.15) is 0 Å². The number of aldehydes is 1. The average molecular weight is 235 g/mol. The summed E-state index contributed by atoms with van der Waals surface area (Å²) >= 11 is 0. The van der Waals surface area contributed by atoms with Gasteiger partial charge in [0.25, 0.3) is 0 Å². The molecule has 0 radical (unpaired) electrons. The number of benzene rings is 1. The molecule has 5 heteroatoms. The third-order valence-corrected chi connectivity index (χ3v) is 2.68. The highest BCUT2D eigenvalue weighted by molar-refractivity contribution is 5.91. The van der Waals surface area contributed by atoms with Crippen LogP contribution in [0.3, 0.4) is 0 Å². The number of rotatable bonds is 2. The highest BCUT2D eigenvalue weighted by Gasteiger charge is 2.24. The lowest BCUT2D eigenvalue weighted by Gasteiger charge is -2.31. The number of nitrogens with zero attached hydrogens (tertiary/aromatic N) is 1. The maximum absolute atomic E-state index is 11.4. The van der Waals surface area contributed by atoms with Crippen LogP contribution >= 0.6 is 0 Å². The van der Waals surface area contributed by atoms with Crippen LogP contribution < -0.4 is 9.64 Å². The van der Waals surface area contributed by atoms with E-state index in [1.54, 1.807) is 18.2 Å². The minimum absolute atomic E-state index is 0.390. The Labute approximate surface area is 98.9 Å². The normalized spacial score (nSPS) is 18.0. The SMILES string of the molecule is COC(=O)c1ccc2c(c1)N(C)CC(C=O)O2. The van der Waals surface area contributed by atoms with Crippen molar-refractivity contribution in [2.45, 2.75) is 6.10 Å². The molecule has 0 N–H and O–H groups in total. The molecule has 2 rings (SSSR count). The first kappa shape index (κ1) is 11.4. The molecule has 1 atom stereocenters. The fourth-order valence-electron chi connectivity index (χ4n) is 1.80. The summed E-state index contributed by atoms with van der Waals surface area (Å²) in [5.41, 5.74) is 1.25. The Kier molecular flexibility index (Phi) is 2.99. The highest BCUT2D eigenvalue weighted by Crippen LogP contribution is 2.33. The topological polar surface area (TPSA) is 55.8 Å². The van der Waals surface area contributed by atoms with Crippen LogP contribution in [0.25, 0.3) is 0 Å². The minimum Gasteiger partial charge on any atom is -0.479 e. The van der Waals surface area contributed by atoms with Gasteiger partial charge in [-0.1, -0.05) is 0 Å². The molecule has 1 aliphatic rings. The van der Waals surface area contributed by atoms with E-state index < -0.39 is 12.1 Å². The van der Waals surface area contributed by atoms with E-state index in [9.17, 15) is 9.59 Å². The van der Waals surface area contributed by atoms with Gasteiger partial charge in [-0.05, 0) is 18.2 Å². The number of carbonyl (C=O) groups excluding carboxylic acids is 2. The molecule has 0 saturated heterocycles. The lowest BCUT2D eigenvalue weighted by Crippen LogP contribution is -2.38. The Morgan fingerprint density at radius 2 is 2.35 bits per heavy atom. The summed E-state index contributed by atoms with van der Waals surface area (Å²) in [5, 5.41) is 0. The fraction of sp³-hybridized carbons (Fsp3) is 0.333. The maximum atomic E-state index is 11.4. The van der Waals surface area contributed by atoms with E-state index in [-0.39, 0.29) is 0 Å². The Morgan fingerprint density at radius 3 is 3.00 bits per heavy atom. The molecule has 0 spiro atoms. The number of likely N-dealkylation sites (N-methyl/N-ethyl adjacent to an activating group) is 1. The van der Waals surface area contributed by atoms with Crippen molar-refractivity contribution in [3.8, 4) is 5.75 Å². The van der Waals surface area contributed by atoms with Gasteiger partial charge in [0.05, 0.1) is 24.9 Å². The smallest absolute Gasteiger partial charge is 0.337 e. The molecule has 0 aromatic heterocycles. The van der Waals surface area contributed by atoms with E-state index in [4.69, 9.17) is 4.74 Å². The first-order valence-electron chi connectivity index (χ1n) is 5.21. The van der Waals surface area contributed by atoms with Crippen LogP contribution in [0.1, 0.15) is 10.4 Å². The molecule has 1 unspecified atom stereocenters. The fourth-order valence-corrected chi connectivity index (χ4v) is 1.80. The summed E-state index contributed by atoms with van der Waals surface area (Å²) in [5.74, 6) is 0.210. The van der Waals surface area contributed by atoms with Crippen LogP contribution in [0.4, 0.5) is 5.69 Å². The van der Waals surface area contributed by atoms with E-state index in [0.717, 1.165) is 12.0 Å². The lowest BCUT2D eigenvalue weighted by atomic mass is 10.1. The molecular formula is C12H13NO4. The first-order valence-corrected chi connectivity index (χ1v) is 5.21. The van der Waals surface area contributed by atoms with Crippen molar-refractivity contribution in [2.24, 2.45) is 0 Å². The van der Waals surface area contributed by atoms with Crippen molar-refractivity contribution in [1.82, 2.24) is 0 Å². The van der Waals surface area contributed by atoms with Crippen molar-refractivity contribution < 1.29 is 19.1 Å². The molecule has 1 heterocycles. The molecule has 90 valence electrons. The summed E-state index contributed by atoms with van der Waals surface area (Å²) in [7, 11) is 3.18. The quantitative estimate of drug-likeness (QED) is 0.562. The second kappa shape index (κ2) is 4.45. The lowest BCUT2D eigenvalue weighted by molar-refractivity contribution is -0.113. The number of anilines is 1. The van der Waals surface area contributed by atoms with Crippen LogP contribution in [-0.4, -0.2) is 39.1 Å². The molecule has 0 amide bonds. The molecule has 0 saturated carbocycles. The molecule has 1 aliphatic heterocycles. The molecule has 0 aliphatic carbocycles. The third-order valence-electron chi connectivity index (χ3n) is 2.68. The minimum atomic E-state index is -0.462. The van der Waals surface area contributed by atoms with Gasteiger partial charge in [0, 0.05) is 7.05 Å². The second-order valence-corrected chi connectivity index (χ2v) is 3.85. The number of esters is 1. The van der Waals surface area contributed by atoms with Gasteiger partial charge in [-0.25, -0.2) is 4.79 Å². The number of hydrogen-bond acceptors (Lipinski definition) is 5. The predicted molar refractivity (Wildman–Crippen MR) is 61.5 cm³/mol. The summed E-state index contributed by atoms with van der Waals surface area (Å²) in [4.78, 5) is 24.0. The second-order valence-electron chi connectivity index (χ2n) is 3.85. The van der Waals surface area contributed by atoms with Crippen LogP contribution in [0.2, 0.25) is 0 Å². The molecule has 1 aromatic rings. The maximum Gasteiger partial charge on any atom is 0.337 e. The van der Waals surface area contributed by atoms with Gasteiger partial charge in [-0.15, -0.1) is 0 Å². The molecule has 17 heavy (non-hydrogen) atoms. The molecule has 5 nitrogen and oxygen atoms in total. The molecule has 0 fully saturated rings. The predicted octanol–water partition coefficient (Wildman–Crippen LogP) is 0.869. The number of carbonyl (C=O) groups is 2. The summed E-state index contributed by atoms with van der Waals surface area (Å²) < 4.78 is 10.1. The third kappa shape index (κ3) is 2.08. The standard InChI is InChI=1S/C12H13NO4/c1-13-6-9(7-14)17-11-4-3-8(5-10(11)13)12(15)16-2/h3-5,7,9H,6H2,1-2H3. The highest BCUT2D eigenvalue weighted by atomic mass is 16.5. The van der Waals surface area contributed by atoms with Gasteiger partial charge in [-0.3, -0.25) is 4.79 Å². The zero-order valence-corrected chi connectivity index (χ0v) is 9.67. The van der Waals surface area contributed by atoms with Crippen molar-refractivity contribution in [3.63, 3.8) is 0 Å². The monoisotopic (exact) mass is 235 g/mol. The van der Waals surface area contributed by atoms with E-state index >= 15 is 0 Å². The molecular weight excluding hydrogens is 222 g/mol. The molecule has 1 aromatic carbocycles. The zero-order valence-electron chi connectivity index (χ0n) is 9.67. The Morgan fingerprint density at radius 1 is 1.59 bits per heavy atom. The number of hydrogen-bond donors (Lipinski definition) is 0. The van der Waals surface area contributed by atoms with Crippen LogP contribution in [0.15, 0.2) is 18.2 Å². The Hall–Kier alpha value is -2.04. The van der Waals surface area contributed by atoms with Gasteiger partial charge < -0.3 is 14.4 Å².